The van der Waals surface area contributed by atoms with Gasteiger partial charge in [-0.25, -0.2) is 4.39 Å². The van der Waals surface area contributed by atoms with Crippen molar-refractivity contribution in [2.24, 2.45) is 0 Å². The van der Waals surface area contributed by atoms with E-state index in [-0.39, 0.29) is 5.82 Å². The van der Waals surface area contributed by atoms with Gasteiger partial charge in [0.05, 0.1) is 4.47 Å². The lowest BCUT2D eigenvalue weighted by molar-refractivity contribution is 0.206. The zero-order valence-corrected chi connectivity index (χ0v) is 12.6. The van der Waals surface area contributed by atoms with Gasteiger partial charge in [0.2, 0.25) is 0 Å². The summed E-state index contributed by atoms with van der Waals surface area (Å²) in [5.74, 6) is -0.181. The van der Waals surface area contributed by atoms with Crippen LogP contribution in [-0.4, -0.2) is 30.1 Å². The third-order valence-electron chi connectivity index (χ3n) is 4.35. The monoisotopic (exact) mass is 326 g/mol. The summed E-state index contributed by atoms with van der Waals surface area (Å²) in [6.07, 6.45) is 5.18. The van der Waals surface area contributed by atoms with Gasteiger partial charge in [-0.1, -0.05) is 6.07 Å². The first-order valence-electron chi connectivity index (χ1n) is 7.15. The van der Waals surface area contributed by atoms with Crippen LogP contribution in [0.4, 0.5) is 4.39 Å². The van der Waals surface area contributed by atoms with E-state index in [1.165, 1.54) is 31.2 Å². The third-order valence-corrected chi connectivity index (χ3v) is 4.95. The van der Waals surface area contributed by atoms with Crippen molar-refractivity contribution in [3.05, 3.63) is 34.1 Å². The molecule has 0 spiro atoms. The first-order valence-corrected chi connectivity index (χ1v) is 7.95. The quantitative estimate of drug-likeness (QED) is 0.916. The normalized spacial score (nSPS) is 28.1. The molecule has 0 bridgehead atoms. The van der Waals surface area contributed by atoms with Crippen LogP contribution in [0.3, 0.4) is 0 Å². The highest BCUT2D eigenvalue weighted by Crippen LogP contribution is 2.27. The summed E-state index contributed by atoms with van der Waals surface area (Å²) in [6, 6.07) is 6.68. The van der Waals surface area contributed by atoms with Crippen molar-refractivity contribution in [2.75, 3.05) is 13.1 Å². The standard InChI is InChI=1S/C15H20BrFN2/c16-12-9-11(5-6-13(12)17)10-19-8-2-4-15(19)14-3-1-7-18-14/h5-6,9,14-15,18H,1-4,7-8,10H2. The fourth-order valence-corrected chi connectivity index (χ4v) is 3.84. The molecule has 2 atom stereocenters. The van der Waals surface area contributed by atoms with Crippen LogP contribution in [0.5, 0.6) is 0 Å². The topological polar surface area (TPSA) is 15.3 Å². The van der Waals surface area contributed by atoms with E-state index >= 15 is 0 Å². The Hall–Kier alpha value is -0.450. The SMILES string of the molecule is Fc1ccc(CN2CCCC2C2CCCN2)cc1Br. The van der Waals surface area contributed by atoms with E-state index in [1.807, 2.05) is 12.1 Å². The smallest absolute Gasteiger partial charge is 0.137 e. The van der Waals surface area contributed by atoms with Gasteiger partial charge in [-0.3, -0.25) is 4.90 Å². The number of rotatable bonds is 3. The summed E-state index contributed by atoms with van der Waals surface area (Å²) < 4.78 is 13.8. The predicted octanol–water partition coefficient (Wildman–Crippen LogP) is 3.30. The number of hydrogen-bond acceptors (Lipinski definition) is 2. The molecule has 2 unspecified atom stereocenters. The molecule has 0 aromatic heterocycles. The van der Waals surface area contributed by atoms with Crippen molar-refractivity contribution in [2.45, 2.75) is 44.3 Å². The highest BCUT2D eigenvalue weighted by atomic mass is 79.9. The Morgan fingerprint density at radius 1 is 1.32 bits per heavy atom. The minimum absolute atomic E-state index is 0.181. The molecule has 2 aliphatic heterocycles. The Balaban J connectivity index is 1.69. The van der Waals surface area contributed by atoms with Gasteiger partial charge >= 0.3 is 0 Å². The first-order chi connectivity index (χ1) is 9.24. The van der Waals surface area contributed by atoms with Gasteiger partial charge in [0.1, 0.15) is 5.82 Å². The van der Waals surface area contributed by atoms with Gasteiger partial charge in [-0.05, 0) is 72.4 Å². The van der Waals surface area contributed by atoms with E-state index in [4.69, 9.17) is 0 Å². The molecule has 2 nitrogen and oxygen atoms in total. The highest BCUT2D eigenvalue weighted by molar-refractivity contribution is 9.10. The lowest BCUT2D eigenvalue weighted by atomic mass is 10.0. The predicted molar refractivity (Wildman–Crippen MR) is 78.6 cm³/mol. The lowest BCUT2D eigenvalue weighted by Crippen LogP contribution is -2.43. The Morgan fingerprint density at radius 2 is 2.21 bits per heavy atom. The van der Waals surface area contributed by atoms with Crippen LogP contribution in [0.2, 0.25) is 0 Å². The van der Waals surface area contributed by atoms with E-state index in [0.29, 0.717) is 16.6 Å². The van der Waals surface area contributed by atoms with Crippen molar-refractivity contribution >= 4 is 15.9 Å². The molecule has 2 fully saturated rings. The molecule has 4 heteroatoms. The summed E-state index contributed by atoms with van der Waals surface area (Å²) >= 11 is 3.27. The van der Waals surface area contributed by atoms with Crippen molar-refractivity contribution in [1.82, 2.24) is 10.2 Å². The molecule has 2 heterocycles. The van der Waals surface area contributed by atoms with Gasteiger partial charge in [0.25, 0.3) is 0 Å². The van der Waals surface area contributed by atoms with Crippen LogP contribution >= 0.6 is 15.9 Å². The second-order valence-electron chi connectivity index (χ2n) is 5.63. The van der Waals surface area contributed by atoms with E-state index in [0.717, 1.165) is 19.6 Å². The molecule has 0 aliphatic carbocycles. The zero-order chi connectivity index (χ0) is 13.2. The molecular weight excluding hydrogens is 307 g/mol. The number of benzene rings is 1. The summed E-state index contributed by atoms with van der Waals surface area (Å²) in [5, 5.41) is 3.62. The molecule has 19 heavy (non-hydrogen) atoms. The minimum atomic E-state index is -0.181. The van der Waals surface area contributed by atoms with Crippen LogP contribution in [0.25, 0.3) is 0 Å². The van der Waals surface area contributed by atoms with Crippen LogP contribution in [0, 0.1) is 5.82 Å². The summed E-state index contributed by atoms with van der Waals surface area (Å²) in [7, 11) is 0. The molecule has 1 N–H and O–H groups in total. The van der Waals surface area contributed by atoms with Crippen molar-refractivity contribution < 1.29 is 4.39 Å². The molecule has 104 valence electrons. The number of likely N-dealkylation sites (tertiary alicyclic amines) is 1. The average Bonchev–Trinajstić information content (AvgIpc) is 3.04. The lowest BCUT2D eigenvalue weighted by Gasteiger charge is -2.29. The third kappa shape index (κ3) is 3.01. The molecule has 1 aromatic carbocycles. The van der Waals surface area contributed by atoms with Gasteiger partial charge in [0, 0.05) is 18.6 Å². The average molecular weight is 327 g/mol. The molecule has 0 saturated carbocycles. The maximum Gasteiger partial charge on any atom is 0.137 e. The van der Waals surface area contributed by atoms with Crippen molar-refractivity contribution in [3.63, 3.8) is 0 Å². The Morgan fingerprint density at radius 3 is 2.95 bits per heavy atom. The van der Waals surface area contributed by atoms with E-state index < -0.39 is 0 Å². The molecule has 1 aromatic rings. The molecule has 0 amide bonds. The van der Waals surface area contributed by atoms with Crippen molar-refractivity contribution in [1.29, 1.82) is 0 Å². The fourth-order valence-electron chi connectivity index (χ4n) is 3.42. The molecular formula is C15H20BrFN2. The minimum Gasteiger partial charge on any atom is -0.312 e. The summed E-state index contributed by atoms with van der Waals surface area (Å²) in [5.41, 5.74) is 1.19. The molecule has 0 radical (unpaired) electrons. The molecule has 2 aliphatic rings. The van der Waals surface area contributed by atoms with Crippen LogP contribution < -0.4 is 5.32 Å². The largest absolute Gasteiger partial charge is 0.312 e. The number of nitrogens with one attached hydrogen (secondary N) is 1. The maximum atomic E-state index is 13.3. The van der Waals surface area contributed by atoms with Gasteiger partial charge < -0.3 is 5.32 Å². The number of hydrogen-bond donors (Lipinski definition) is 1. The zero-order valence-electron chi connectivity index (χ0n) is 11.0. The second-order valence-corrected chi connectivity index (χ2v) is 6.49. The molecule has 3 rings (SSSR count). The van der Waals surface area contributed by atoms with Crippen LogP contribution in [0.1, 0.15) is 31.2 Å². The second kappa shape index (κ2) is 5.90. The maximum absolute atomic E-state index is 13.3. The van der Waals surface area contributed by atoms with E-state index in [2.05, 4.69) is 26.1 Å². The highest BCUT2D eigenvalue weighted by Gasteiger charge is 2.32. The Kier molecular flexibility index (Phi) is 4.20. The number of halogens is 2. The number of nitrogens with zero attached hydrogens (tertiary/aromatic N) is 1. The Labute approximate surface area is 122 Å². The summed E-state index contributed by atoms with van der Waals surface area (Å²) in [6.45, 7) is 3.26. The first kappa shape index (κ1) is 13.5. The van der Waals surface area contributed by atoms with Gasteiger partial charge in [-0.15, -0.1) is 0 Å². The van der Waals surface area contributed by atoms with Crippen LogP contribution in [-0.2, 0) is 6.54 Å². The summed E-state index contributed by atoms with van der Waals surface area (Å²) in [4.78, 5) is 2.56. The van der Waals surface area contributed by atoms with E-state index in [1.54, 1.807) is 6.07 Å². The molecule has 2 saturated heterocycles. The van der Waals surface area contributed by atoms with Crippen molar-refractivity contribution in [3.8, 4) is 0 Å². The Bertz CT molecular complexity index is 446. The fraction of sp³-hybridized carbons (Fsp3) is 0.600. The van der Waals surface area contributed by atoms with E-state index in [9.17, 15) is 4.39 Å². The van der Waals surface area contributed by atoms with Gasteiger partial charge in [-0.2, -0.15) is 0 Å². The van der Waals surface area contributed by atoms with Gasteiger partial charge in [0.15, 0.2) is 0 Å². The van der Waals surface area contributed by atoms with Crippen LogP contribution in [0.15, 0.2) is 22.7 Å².